The van der Waals surface area contributed by atoms with E-state index in [0.29, 0.717) is 6.42 Å². The van der Waals surface area contributed by atoms with Crippen molar-refractivity contribution >= 4 is 28.8 Å². The van der Waals surface area contributed by atoms with Crippen LogP contribution in [0.5, 0.6) is 0 Å². The molecule has 0 saturated heterocycles. The number of benzene rings is 1. The van der Waals surface area contributed by atoms with E-state index < -0.39 is 5.97 Å². The van der Waals surface area contributed by atoms with E-state index in [9.17, 15) is 4.79 Å². The van der Waals surface area contributed by atoms with Gasteiger partial charge >= 0.3 is 5.97 Å². The van der Waals surface area contributed by atoms with E-state index in [2.05, 4.69) is 35.9 Å². The second-order valence-corrected chi connectivity index (χ2v) is 5.79. The van der Waals surface area contributed by atoms with Gasteiger partial charge in [0.15, 0.2) is 0 Å². The number of carboxylic acids is 1. The summed E-state index contributed by atoms with van der Waals surface area (Å²) in [5, 5.41) is 8.55. The normalized spacial score (nSPS) is 11.1. The van der Waals surface area contributed by atoms with Gasteiger partial charge in [-0.15, -0.1) is 0 Å². The minimum atomic E-state index is -0.727. The Morgan fingerprint density at radius 2 is 2.11 bits per heavy atom. The van der Waals surface area contributed by atoms with Crippen molar-refractivity contribution in [1.29, 1.82) is 0 Å². The minimum Gasteiger partial charge on any atom is -0.481 e. The zero-order chi connectivity index (χ0) is 13.8. The molecule has 4 nitrogen and oxygen atoms in total. The highest BCUT2D eigenvalue weighted by atomic mass is 32.2. The summed E-state index contributed by atoms with van der Waals surface area (Å²) in [6.45, 7) is 4.18. The Bertz CT molecular complexity index is 553. The first kappa shape index (κ1) is 13.9. The molecule has 0 fully saturated rings. The lowest BCUT2D eigenvalue weighted by atomic mass is 10.1. The molecule has 1 aromatic heterocycles. The van der Waals surface area contributed by atoms with Crippen LogP contribution in [0.15, 0.2) is 12.1 Å². The summed E-state index contributed by atoms with van der Waals surface area (Å²) in [6, 6.07) is 4.22. The lowest BCUT2D eigenvalue weighted by Crippen LogP contribution is -1.95. The summed E-state index contributed by atoms with van der Waals surface area (Å²) in [7, 11) is 0. The monoisotopic (exact) mass is 278 g/mol. The molecule has 0 aliphatic rings. The second-order valence-electron chi connectivity index (χ2n) is 4.69. The lowest BCUT2D eigenvalue weighted by molar-refractivity contribution is -0.137. The molecule has 0 unspecified atom stereocenters. The molecule has 1 heterocycles. The standard InChI is InChI=1S/C14H18N2O2S/c1-9-6-11-12(7-10(9)2)16-13(15-11)8-19-5-3-4-14(17)18/h6-7H,3-5,8H2,1-2H3,(H,15,16)(H,17,18). The Morgan fingerprint density at radius 1 is 1.37 bits per heavy atom. The highest BCUT2D eigenvalue weighted by Gasteiger charge is 2.05. The van der Waals surface area contributed by atoms with Gasteiger partial charge in [0.1, 0.15) is 5.82 Å². The molecule has 0 amide bonds. The van der Waals surface area contributed by atoms with Crippen molar-refractivity contribution in [1.82, 2.24) is 9.97 Å². The van der Waals surface area contributed by atoms with E-state index in [1.807, 2.05) is 0 Å². The maximum atomic E-state index is 10.4. The van der Waals surface area contributed by atoms with Gasteiger partial charge in [-0.3, -0.25) is 4.79 Å². The van der Waals surface area contributed by atoms with Crippen LogP contribution in [0.4, 0.5) is 0 Å². The molecule has 0 aliphatic heterocycles. The first-order valence-corrected chi connectivity index (χ1v) is 7.47. The van der Waals surface area contributed by atoms with Crippen LogP contribution in [0.2, 0.25) is 0 Å². The molecule has 2 N–H and O–H groups in total. The molecular weight excluding hydrogens is 260 g/mol. The van der Waals surface area contributed by atoms with Gasteiger partial charge in [0.05, 0.1) is 16.8 Å². The number of carboxylic acid groups (broad SMARTS) is 1. The third kappa shape index (κ3) is 3.73. The number of nitrogens with one attached hydrogen (secondary N) is 1. The van der Waals surface area contributed by atoms with Crippen molar-refractivity contribution in [3.8, 4) is 0 Å². The first-order valence-electron chi connectivity index (χ1n) is 6.31. The van der Waals surface area contributed by atoms with Gasteiger partial charge in [0.2, 0.25) is 0 Å². The number of aromatic nitrogens is 2. The van der Waals surface area contributed by atoms with Gasteiger partial charge in [-0.1, -0.05) is 0 Å². The van der Waals surface area contributed by atoms with Gasteiger partial charge in [0.25, 0.3) is 0 Å². The number of aliphatic carboxylic acids is 1. The maximum Gasteiger partial charge on any atom is 0.303 e. The lowest BCUT2D eigenvalue weighted by Gasteiger charge is -1.97. The fourth-order valence-corrected chi connectivity index (χ4v) is 2.71. The van der Waals surface area contributed by atoms with Crippen LogP contribution in [0.1, 0.15) is 29.8 Å². The number of hydrogen-bond acceptors (Lipinski definition) is 3. The third-order valence-electron chi connectivity index (χ3n) is 3.06. The van der Waals surface area contributed by atoms with Crippen LogP contribution in [-0.4, -0.2) is 26.8 Å². The quantitative estimate of drug-likeness (QED) is 0.796. The Hall–Kier alpha value is -1.49. The number of fused-ring (bicyclic) bond motifs is 1. The topological polar surface area (TPSA) is 66.0 Å². The van der Waals surface area contributed by atoms with Crippen LogP contribution in [0.25, 0.3) is 11.0 Å². The molecule has 2 rings (SSSR count). The Labute approximate surface area is 116 Å². The molecule has 0 radical (unpaired) electrons. The average Bonchev–Trinajstić information content (AvgIpc) is 2.71. The molecule has 0 bridgehead atoms. The minimum absolute atomic E-state index is 0.242. The molecule has 0 atom stereocenters. The summed E-state index contributed by atoms with van der Waals surface area (Å²) >= 11 is 1.71. The van der Waals surface area contributed by atoms with Crippen LogP contribution in [-0.2, 0) is 10.5 Å². The number of carbonyl (C=O) groups is 1. The van der Waals surface area contributed by atoms with Crippen molar-refractivity contribution in [2.45, 2.75) is 32.4 Å². The summed E-state index contributed by atoms with van der Waals surface area (Å²) in [5.41, 5.74) is 4.59. The number of aromatic amines is 1. The van der Waals surface area contributed by atoms with Crippen LogP contribution < -0.4 is 0 Å². The number of rotatable bonds is 6. The van der Waals surface area contributed by atoms with E-state index in [1.54, 1.807) is 11.8 Å². The summed E-state index contributed by atoms with van der Waals surface area (Å²) in [4.78, 5) is 18.3. The SMILES string of the molecule is Cc1cc2nc(CSCCCC(=O)O)[nH]c2cc1C. The molecule has 0 spiro atoms. The van der Waals surface area contributed by atoms with Crippen molar-refractivity contribution in [3.05, 3.63) is 29.1 Å². The fourth-order valence-electron chi connectivity index (χ4n) is 1.89. The highest BCUT2D eigenvalue weighted by Crippen LogP contribution is 2.19. The summed E-state index contributed by atoms with van der Waals surface area (Å²) in [5.74, 6) is 1.88. The number of imidazole rings is 1. The van der Waals surface area contributed by atoms with Crippen molar-refractivity contribution in [3.63, 3.8) is 0 Å². The zero-order valence-electron chi connectivity index (χ0n) is 11.2. The molecule has 1 aromatic carbocycles. The summed E-state index contributed by atoms with van der Waals surface area (Å²) < 4.78 is 0. The predicted molar refractivity (Wildman–Crippen MR) is 78.6 cm³/mol. The van der Waals surface area contributed by atoms with E-state index in [1.165, 1.54) is 11.1 Å². The van der Waals surface area contributed by atoms with Crippen LogP contribution in [0.3, 0.4) is 0 Å². The van der Waals surface area contributed by atoms with Crippen molar-refractivity contribution in [2.24, 2.45) is 0 Å². The van der Waals surface area contributed by atoms with Crippen LogP contribution >= 0.6 is 11.8 Å². The summed E-state index contributed by atoms with van der Waals surface area (Å²) in [6.07, 6.45) is 0.948. The number of hydrogen-bond donors (Lipinski definition) is 2. The molecule has 102 valence electrons. The van der Waals surface area contributed by atoms with E-state index >= 15 is 0 Å². The molecule has 0 aliphatic carbocycles. The Morgan fingerprint density at radius 3 is 2.84 bits per heavy atom. The van der Waals surface area contributed by atoms with E-state index in [0.717, 1.165) is 28.4 Å². The number of thioether (sulfide) groups is 1. The second kappa shape index (κ2) is 6.10. The molecule has 2 aromatic rings. The van der Waals surface area contributed by atoms with Gasteiger partial charge < -0.3 is 10.1 Å². The Balaban J connectivity index is 1.92. The molecule has 5 heteroatoms. The number of H-pyrrole nitrogens is 1. The Kier molecular flexibility index (Phi) is 4.47. The third-order valence-corrected chi connectivity index (χ3v) is 4.12. The number of nitrogens with zero attached hydrogens (tertiary/aromatic N) is 1. The van der Waals surface area contributed by atoms with Gasteiger partial charge in [-0.2, -0.15) is 11.8 Å². The largest absolute Gasteiger partial charge is 0.481 e. The van der Waals surface area contributed by atoms with Gasteiger partial charge in [-0.25, -0.2) is 4.98 Å². The van der Waals surface area contributed by atoms with Crippen LogP contribution in [0, 0.1) is 13.8 Å². The smallest absolute Gasteiger partial charge is 0.303 e. The fraction of sp³-hybridized carbons (Fsp3) is 0.429. The highest BCUT2D eigenvalue weighted by molar-refractivity contribution is 7.98. The van der Waals surface area contributed by atoms with E-state index in [4.69, 9.17) is 5.11 Å². The van der Waals surface area contributed by atoms with Gasteiger partial charge in [-0.05, 0) is 49.3 Å². The molecular formula is C14H18N2O2S. The molecule has 19 heavy (non-hydrogen) atoms. The number of aryl methyl sites for hydroxylation is 2. The van der Waals surface area contributed by atoms with Crippen molar-refractivity contribution in [2.75, 3.05) is 5.75 Å². The maximum absolute atomic E-state index is 10.4. The van der Waals surface area contributed by atoms with Crippen molar-refractivity contribution < 1.29 is 9.90 Å². The average molecular weight is 278 g/mol. The van der Waals surface area contributed by atoms with E-state index in [-0.39, 0.29) is 6.42 Å². The molecule has 0 saturated carbocycles. The zero-order valence-corrected chi connectivity index (χ0v) is 12.0. The van der Waals surface area contributed by atoms with Gasteiger partial charge in [0, 0.05) is 6.42 Å². The predicted octanol–water partition coefficient (Wildman–Crippen LogP) is 3.28. The first-order chi connectivity index (χ1) is 9.06.